The van der Waals surface area contributed by atoms with Crippen molar-refractivity contribution in [2.24, 2.45) is 0 Å². The minimum Gasteiger partial charge on any atom is -0.394 e. The predicted molar refractivity (Wildman–Crippen MR) is 118 cm³/mol. The fourth-order valence-electron chi connectivity index (χ4n) is 3.19. The predicted octanol–water partition coefficient (Wildman–Crippen LogP) is 3.93. The van der Waals surface area contributed by atoms with Gasteiger partial charge in [-0.1, -0.05) is 91.0 Å². The van der Waals surface area contributed by atoms with Crippen LogP contribution in [0.15, 0.2) is 91.0 Å². The Labute approximate surface area is 183 Å². The van der Waals surface area contributed by atoms with Crippen LogP contribution in [0, 0.1) is 0 Å². The van der Waals surface area contributed by atoms with Crippen LogP contribution in [0.1, 0.15) is 16.7 Å². The second-order valence-corrected chi connectivity index (χ2v) is 7.18. The summed E-state index contributed by atoms with van der Waals surface area (Å²) >= 11 is 0. The fourth-order valence-corrected chi connectivity index (χ4v) is 3.19. The molecule has 0 bridgehead atoms. The van der Waals surface area contributed by atoms with E-state index in [9.17, 15) is 9.90 Å². The summed E-state index contributed by atoms with van der Waals surface area (Å²) in [6.45, 7) is 0.523. The zero-order valence-corrected chi connectivity index (χ0v) is 17.4. The number of aliphatic hydroxyl groups is 1. The van der Waals surface area contributed by atoms with E-state index in [2.05, 4.69) is 0 Å². The average Bonchev–Trinajstić information content (AvgIpc) is 2.84. The highest BCUT2D eigenvalue weighted by Crippen LogP contribution is 2.17. The van der Waals surface area contributed by atoms with Crippen LogP contribution < -0.4 is 0 Å². The maximum atomic E-state index is 11.9. The van der Waals surface area contributed by atoms with Gasteiger partial charge in [-0.3, -0.25) is 0 Å². The Bertz CT molecular complexity index is 870. The summed E-state index contributed by atoms with van der Waals surface area (Å²) in [7, 11) is 0. The Morgan fingerprint density at radius 3 is 1.48 bits per heavy atom. The van der Waals surface area contributed by atoms with Crippen LogP contribution in [-0.4, -0.2) is 36.3 Å². The SMILES string of the molecule is O=C[C@H](OCc1ccccc1)[C@@H](OCc1ccccc1)[C@@H](CO)OCc1ccccc1. The third-order valence-corrected chi connectivity index (χ3v) is 4.88. The molecule has 0 aliphatic carbocycles. The second-order valence-electron chi connectivity index (χ2n) is 7.18. The first-order valence-electron chi connectivity index (χ1n) is 10.3. The number of carbonyl (C=O) groups excluding carboxylic acids is 1. The molecule has 0 saturated heterocycles. The van der Waals surface area contributed by atoms with Crippen molar-refractivity contribution in [1.29, 1.82) is 0 Å². The van der Waals surface area contributed by atoms with Crippen LogP contribution in [0.25, 0.3) is 0 Å². The molecule has 0 saturated carbocycles. The number of benzene rings is 3. The highest BCUT2D eigenvalue weighted by molar-refractivity contribution is 5.57. The van der Waals surface area contributed by atoms with Gasteiger partial charge in [0.1, 0.15) is 18.3 Å². The molecule has 162 valence electrons. The van der Waals surface area contributed by atoms with Crippen molar-refractivity contribution in [2.45, 2.75) is 38.1 Å². The number of aldehydes is 1. The van der Waals surface area contributed by atoms with Crippen LogP contribution in [-0.2, 0) is 38.8 Å². The Morgan fingerprint density at radius 2 is 1.06 bits per heavy atom. The highest BCUT2D eigenvalue weighted by Gasteiger charge is 2.32. The van der Waals surface area contributed by atoms with E-state index in [4.69, 9.17) is 14.2 Å². The summed E-state index contributed by atoms with van der Waals surface area (Å²) in [6.07, 6.45) is -1.67. The molecule has 31 heavy (non-hydrogen) atoms. The summed E-state index contributed by atoms with van der Waals surface area (Å²) in [4.78, 5) is 11.9. The first kappa shape index (κ1) is 22.8. The second kappa shape index (κ2) is 12.8. The Balaban J connectivity index is 1.71. The monoisotopic (exact) mass is 420 g/mol. The van der Waals surface area contributed by atoms with Gasteiger partial charge < -0.3 is 24.1 Å². The normalized spacial score (nSPS) is 14.0. The number of rotatable bonds is 13. The molecule has 0 unspecified atom stereocenters. The molecule has 5 nitrogen and oxygen atoms in total. The largest absolute Gasteiger partial charge is 0.394 e. The van der Waals surface area contributed by atoms with Gasteiger partial charge in [-0.15, -0.1) is 0 Å². The van der Waals surface area contributed by atoms with E-state index in [1.807, 2.05) is 91.0 Å². The topological polar surface area (TPSA) is 65.0 Å². The average molecular weight is 421 g/mol. The van der Waals surface area contributed by atoms with Crippen molar-refractivity contribution < 1.29 is 24.1 Å². The van der Waals surface area contributed by atoms with E-state index >= 15 is 0 Å². The number of ether oxygens (including phenoxy) is 3. The molecule has 0 heterocycles. The number of aliphatic hydroxyl groups excluding tert-OH is 1. The van der Waals surface area contributed by atoms with Gasteiger partial charge in [0.05, 0.1) is 26.4 Å². The zero-order valence-electron chi connectivity index (χ0n) is 17.4. The minimum atomic E-state index is -0.892. The van der Waals surface area contributed by atoms with Gasteiger partial charge in [-0.25, -0.2) is 0 Å². The van der Waals surface area contributed by atoms with Gasteiger partial charge in [-0.2, -0.15) is 0 Å². The van der Waals surface area contributed by atoms with Crippen LogP contribution in [0.3, 0.4) is 0 Å². The smallest absolute Gasteiger partial charge is 0.151 e. The van der Waals surface area contributed by atoms with Crippen molar-refractivity contribution in [3.05, 3.63) is 108 Å². The summed E-state index contributed by atoms with van der Waals surface area (Å²) in [6, 6.07) is 28.9. The molecular formula is C26H28O5. The van der Waals surface area contributed by atoms with Crippen molar-refractivity contribution >= 4 is 6.29 Å². The van der Waals surface area contributed by atoms with Crippen molar-refractivity contribution in [3.63, 3.8) is 0 Å². The van der Waals surface area contributed by atoms with E-state index < -0.39 is 18.3 Å². The van der Waals surface area contributed by atoms with Crippen LogP contribution in [0.2, 0.25) is 0 Å². The molecule has 0 fully saturated rings. The maximum Gasteiger partial charge on any atom is 0.151 e. The third-order valence-electron chi connectivity index (χ3n) is 4.88. The molecule has 5 heteroatoms. The zero-order chi connectivity index (χ0) is 21.7. The van der Waals surface area contributed by atoms with E-state index in [0.29, 0.717) is 12.9 Å². The molecule has 0 spiro atoms. The quantitative estimate of drug-likeness (QED) is 0.425. The van der Waals surface area contributed by atoms with Crippen molar-refractivity contribution in [3.8, 4) is 0 Å². The lowest BCUT2D eigenvalue weighted by Gasteiger charge is -2.30. The summed E-state index contributed by atoms with van der Waals surface area (Å²) < 4.78 is 17.9. The molecule has 3 aromatic carbocycles. The van der Waals surface area contributed by atoms with Gasteiger partial charge in [0.25, 0.3) is 0 Å². The molecule has 0 aliphatic heterocycles. The molecular weight excluding hydrogens is 392 g/mol. The molecule has 1 N–H and O–H groups in total. The lowest BCUT2D eigenvalue weighted by molar-refractivity contribution is -0.165. The van der Waals surface area contributed by atoms with E-state index in [-0.39, 0.29) is 19.8 Å². The number of carbonyl (C=O) groups is 1. The van der Waals surface area contributed by atoms with Gasteiger partial charge >= 0.3 is 0 Å². The van der Waals surface area contributed by atoms with Crippen molar-refractivity contribution in [2.75, 3.05) is 6.61 Å². The van der Waals surface area contributed by atoms with E-state index in [1.165, 1.54) is 0 Å². The first-order valence-corrected chi connectivity index (χ1v) is 10.3. The molecule has 3 rings (SSSR count). The van der Waals surface area contributed by atoms with Gasteiger partial charge in [0.2, 0.25) is 0 Å². The van der Waals surface area contributed by atoms with Crippen LogP contribution >= 0.6 is 0 Å². The molecule has 0 aromatic heterocycles. The van der Waals surface area contributed by atoms with E-state index in [1.54, 1.807) is 0 Å². The fraction of sp³-hybridized carbons (Fsp3) is 0.269. The van der Waals surface area contributed by atoms with Gasteiger partial charge in [0.15, 0.2) is 6.29 Å². The number of hydrogen-bond donors (Lipinski definition) is 1. The van der Waals surface area contributed by atoms with Crippen LogP contribution in [0.4, 0.5) is 0 Å². The Morgan fingerprint density at radius 1 is 0.645 bits per heavy atom. The third kappa shape index (κ3) is 7.42. The standard InChI is InChI=1S/C26H28O5/c27-16-24(29-18-21-10-4-1-5-11-21)26(31-20-23-14-8-3-9-15-23)25(17-28)30-19-22-12-6-2-7-13-22/h1-16,24-26,28H,17-20H2/t24-,25+,26+/m0/s1. The highest BCUT2D eigenvalue weighted by atomic mass is 16.6. The molecule has 0 radical (unpaired) electrons. The minimum absolute atomic E-state index is 0.256. The molecule has 0 aliphatic rings. The van der Waals surface area contributed by atoms with Crippen LogP contribution in [0.5, 0.6) is 0 Å². The van der Waals surface area contributed by atoms with E-state index in [0.717, 1.165) is 16.7 Å². The number of hydrogen-bond acceptors (Lipinski definition) is 5. The summed E-state index contributed by atoms with van der Waals surface area (Å²) in [5.74, 6) is 0. The van der Waals surface area contributed by atoms with Crippen molar-refractivity contribution in [1.82, 2.24) is 0 Å². The maximum absolute atomic E-state index is 11.9. The molecule has 3 aromatic rings. The Hall–Kier alpha value is -2.83. The molecule has 3 atom stereocenters. The first-order chi connectivity index (χ1) is 15.3. The lowest BCUT2D eigenvalue weighted by atomic mass is 10.1. The summed E-state index contributed by atoms with van der Waals surface area (Å²) in [5, 5.41) is 10.0. The lowest BCUT2D eigenvalue weighted by Crippen LogP contribution is -2.45. The molecule has 0 amide bonds. The van der Waals surface area contributed by atoms with Gasteiger partial charge in [-0.05, 0) is 16.7 Å². The van der Waals surface area contributed by atoms with Gasteiger partial charge in [0, 0.05) is 0 Å². The summed E-state index contributed by atoms with van der Waals surface area (Å²) in [5.41, 5.74) is 2.87. The Kier molecular flexibility index (Phi) is 9.41.